The Morgan fingerprint density at radius 2 is 1.67 bits per heavy atom. The Hall–Kier alpha value is -2.14. The van der Waals surface area contributed by atoms with Gasteiger partial charge in [0, 0.05) is 17.5 Å². The van der Waals surface area contributed by atoms with E-state index in [-0.39, 0.29) is 11.0 Å². The van der Waals surface area contributed by atoms with E-state index in [0.717, 1.165) is 5.56 Å². The highest BCUT2D eigenvalue weighted by molar-refractivity contribution is 6.34. The Labute approximate surface area is 123 Å². The first-order valence-corrected chi connectivity index (χ1v) is 6.43. The van der Waals surface area contributed by atoms with Crippen molar-refractivity contribution in [3.05, 3.63) is 58.5 Å². The van der Waals surface area contributed by atoms with Crippen LogP contribution in [0.4, 0.5) is 13.2 Å². The second-order valence-electron chi connectivity index (χ2n) is 4.55. The van der Waals surface area contributed by atoms with Gasteiger partial charge in [-0.25, -0.2) is 23.1 Å². The van der Waals surface area contributed by atoms with Crippen LogP contribution in [0, 0.1) is 24.4 Å². The van der Waals surface area contributed by atoms with Gasteiger partial charge in [-0.1, -0.05) is 23.7 Å². The third-order valence-corrected chi connectivity index (χ3v) is 3.39. The Morgan fingerprint density at radius 3 is 2.33 bits per heavy atom. The van der Waals surface area contributed by atoms with Gasteiger partial charge in [-0.05, 0) is 18.6 Å². The molecule has 0 aliphatic carbocycles. The van der Waals surface area contributed by atoms with E-state index < -0.39 is 23.0 Å². The third kappa shape index (κ3) is 2.34. The van der Waals surface area contributed by atoms with Gasteiger partial charge in [-0.15, -0.1) is 0 Å². The predicted molar refractivity (Wildman–Crippen MR) is 74.6 cm³/mol. The molecule has 0 amide bonds. The highest BCUT2D eigenvalue weighted by Gasteiger charge is 2.18. The molecule has 0 atom stereocenters. The molecule has 0 aliphatic heterocycles. The largest absolute Gasteiger partial charge is 0.228 e. The minimum atomic E-state index is -1.07. The lowest BCUT2D eigenvalue weighted by Gasteiger charge is -2.08. The SMILES string of the molecule is Cc1cccc2nc(-c3c(F)cc(F)cc3F)nc(Cl)c12. The standard InChI is InChI=1S/C15H8ClF3N2/c1-7-3-2-4-11-12(7)14(16)21-15(20-11)13-9(18)5-8(17)6-10(13)19/h2-6H,1H3. The molecule has 1 aromatic heterocycles. The van der Waals surface area contributed by atoms with Gasteiger partial charge < -0.3 is 0 Å². The highest BCUT2D eigenvalue weighted by Crippen LogP contribution is 2.30. The summed E-state index contributed by atoms with van der Waals surface area (Å²) in [6, 6.07) is 6.41. The Bertz CT molecular complexity index is 842. The van der Waals surface area contributed by atoms with Crippen molar-refractivity contribution in [1.82, 2.24) is 9.97 Å². The Kier molecular flexibility index (Phi) is 3.29. The first-order chi connectivity index (χ1) is 9.97. The fourth-order valence-electron chi connectivity index (χ4n) is 2.17. The molecule has 3 rings (SSSR count). The number of fused-ring (bicyclic) bond motifs is 1. The Morgan fingerprint density at radius 1 is 1.00 bits per heavy atom. The number of hydrogen-bond donors (Lipinski definition) is 0. The van der Waals surface area contributed by atoms with Crippen molar-refractivity contribution in [2.24, 2.45) is 0 Å². The van der Waals surface area contributed by atoms with Crippen LogP contribution in [0.3, 0.4) is 0 Å². The summed E-state index contributed by atoms with van der Waals surface area (Å²) in [6.07, 6.45) is 0. The summed E-state index contributed by atoms with van der Waals surface area (Å²) in [6.45, 7) is 1.83. The molecule has 106 valence electrons. The number of halogens is 4. The van der Waals surface area contributed by atoms with E-state index in [0.29, 0.717) is 23.0 Å². The van der Waals surface area contributed by atoms with Gasteiger partial charge in [0.05, 0.1) is 11.1 Å². The van der Waals surface area contributed by atoms with Crippen molar-refractivity contribution in [3.63, 3.8) is 0 Å². The molecule has 0 spiro atoms. The lowest BCUT2D eigenvalue weighted by molar-refractivity contribution is 0.547. The molecule has 0 aliphatic rings. The topological polar surface area (TPSA) is 25.8 Å². The van der Waals surface area contributed by atoms with Gasteiger partial charge in [0.2, 0.25) is 0 Å². The van der Waals surface area contributed by atoms with E-state index in [9.17, 15) is 13.2 Å². The van der Waals surface area contributed by atoms with Gasteiger partial charge >= 0.3 is 0 Å². The van der Waals surface area contributed by atoms with Crippen molar-refractivity contribution in [2.45, 2.75) is 6.92 Å². The summed E-state index contributed by atoms with van der Waals surface area (Å²) in [4.78, 5) is 8.06. The van der Waals surface area contributed by atoms with E-state index >= 15 is 0 Å². The molecule has 2 aromatic carbocycles. The van der Waals surface area contributed by atoms with Crippen molar-refractivity contribution in [2.75, 3.05) is 0 Å². The van der Waals surface area contributed by atoms with Crippen LogP contribution in [0.25, 0.3) is 22.3 Å². The van der Waals surface area contributed by atoms with Crippen LogP contribution in [0.15, 0.2) is 30.3 Å². The summed E-state index contributed by atoms with van der Waals surface area (Å²) < 4.78 is 40.6. The summed E-state index contributed by atoms with van der Waals surface area (Å²) in [5.74, 6) is -3.37. The molecule has 0 radical (unpaired) electrons. The molecule has 1 heterocycles. The molecule has 0 saturated carbocycles. The summed E-state index contributed by atoms with van der Waals surface area (Å²) in [5.41, 5.74) is 0.818. The van der Waals surface area contributed by atoms with Gasteiger partial charge in [0.1, 0.15) is 22.6 Å². The monoisotopic (exact) mass is 308 g/mol. The summed E-state index contributed by atoms with van der Waals surface area (Å²) in [5, 5.41) is 0.710. The maximum Gasteiger partial charge on any atom is 0.167 e. The number of rotatable bonds is 1. The van der Waals surface area contributed by atoms with Gasteiger partial charge in [-0.2, -0.15) is 0 Å². The molecular weight excluding hydrogens is 301 g/mol. The summed E-state index contributed by atoms with van der Waals surface area (Å²) in [7, 11) is 0. The first-order valence-electron chi connectivity index (χ1n) is 6.05. The highest BCUT2D eigenvalue weighted by atomic mass is 35.5. The number of nitrogens with zero attached hydrogens (tertiary/aromatic N) is 2. The second-order valence-corrected chi connectivity index (χ2v) is 4.91. The summed E-state index contributed by atoms with van der Waals surface area (Å²) >= 11 is 6.08. The number of benzene rings is 2. The van der Waals surface area contributed by atoms with E-state index in [1.165, 1.54) is 0 Å². The van der Waals surface area contributed by atoms with E-state index in [2.05, 4.69) is 9.97 Å². The number of aryl methyl sites for hydroxylation is 1. The van der Waals surface area contributed by atoms with Gasteiger partial charge in [0.25, 0.3) is 0 Å². The third-order valence-electron chi connectivity index (χ3n) is 3.12. The lowest BCUT2D eigenvalue weighted by atomic mass is 10.1. The average molecular weight is 309 g/mol. The van der Waals surface area contributed by atoms with Gasteiger partial charge in [-0.3, -0.25) is 0 Å². The fourth-order valence-corrected chi connectivity index (χ4v) is 2.50. The minimum Gasteiger partial charge on any atom is -0.228 e. The van der Waals surface area contributed by atoms with Crippen LogP contribution in [-0.2, 0) is 0 Å². The quantitative estimate of drug-likeness (QED) is 0.610. The van der Waals surface area contributed by atoms with E-state index in [4.69, 9.17) is 11.6 Å². The van der Waals surface area contributed by atoms with Gasteiger partial charge in [0.15, 0.2) is 5.82 Å². The Balaban J connectivity index is 2.32. The van der Waals surface area contributed by atoms with Crippen LogP contribution in [-0.4, -0.2) is 9.97 Å². The van der Waals surface area contributed by atoms with Crippen molar-refractivity contribution < 1.29 is 13.2 Å². The van der Waals surface area contributed by atoms with Crippen molar-refractivity contribution in [1.29, 1.82) is 0 Å². The molecule has 0 N–H and O–H groups in total. The van der Waals surface area contributed by atoms with Crippen molar-refractivity contribution in [3.8, 4) is 11.4 Å². The van der Waals surface area contributed by atoms with E-state index in [1.54, 1.807) is 12.1 Å². The lowest BCUT2D eigenvalue weighted by Crippen LogP contribution is -1.99. The maximum atomic E-state index is 13.8. The first kappa shape index (κ1) is 13.8. The molecular formula is C15H8ClF3N2. The zero-order chi connectivity index (χ0) is 15.1. The fraction of sp³-hybridized carbons (Fsp3) is 0.0667. The smallest absolute Gasteiger partial charge is 0.167 e. The van der Waals surface area contributed by atoms with Crippen LogP contribution in [0.5, 0.6) is 0 Å². The molecule has 0 bridgehead atoms. The van der Waals surface area contributed by atoms with E-state index in [1.807, 2.05) is 13.0 Å². The molecule has 0 fully saturated rings. The number of hydrogen-bond acceptors (Lipinski definition) is 2. The molecule has 3 aromatic rings. The van der Waals surface area contributed by atoms with Crippen LogP contribution < -0.4 is 0 Å². The second kappa shape index (κ2) is 5.00. The predicted octanol–water partition coefficient (Wildman–Crippen LogP) is 4.68. The normalized spacial score (nSPS) is 11.1. The molecule has 6 heteroatoms. The maximum absolute atomic E-state index is 13.8. The van der Waals surface area contributed by atoms with Crippen LogP contribution >= 0.6 is 11.6 Å². The van der Waals surface area contributed by atoms with Crippen molar-refractivity contribution >= 4 is 22.5 Å². The van der Waals surface area contributed by atoms with Crippen LogP contribution in [0.2, 0.25) is 5.15 Å². The number of aromatic nitrogens is 2. The molecule has 0 unspecified atom stereocenters. The molecule has 21 heavy (non-hydrogen) atoms. The zero-order valence-electron chi connectivity index (χ0n) is 10.8. The molecule has 0 saturated heterocycles. The van der Waals surface area contributed by atoms with Crippen LogP contribution in [0.1, 0.15) is 5.56 Å². The minimum absolute atomic E-state index is 0.0937. The molecule has 2 nitrogen and oxygen atoms in total. The zero-order valence-corrected chi connectivity index (χ0v) is 11.5. The average Bonchev–Trinajstić information content (AvgIpc) is 2.37.